The van der Waals surface area contributed by atoms with E-state index in [0.29, 0.717) is 0 Å². The lowest BCUT2D eigenvalue weighted by molar-refractivity contribution is 0.640. The van der Waals surface area contributed by atoms with Gasteiger partial charge in [0.15, 0.2) is 0 Å². The van der Waals surface area contributed by atoms with Gasteiger partial charge in [-0.3, -0.25) is 0 Å². The standard InChI is InChI=1S/C12H15N3S2/c1-8(13-2)11-14-15-12(17-11)9-6-4-5-7-10(9)16-3/h4-8,13H,1-3H3. The largest absolute Gasteiger partial charge is 0.311 e. The highest BCUT2D eigenvalue weighted by atomic mass is 32.2. The highest BCUT2D eigenvalue weighted by molar-refractivity contribution is 7.98. The molecule has 0 aliphatic carbocycles. The molecule has 90 valence electrons. The molecule has 0 spiro atoms. The van der Waals surface area contributed by atoms with Gasteiger partial charge in [0.1, 0.15) is 10.0 Å². The van der Waals surface area contributed by atoms with Crippen molar-refractivity contribution >= 4 is 23.1 Å². The zero-order chi connectivity index (χ0) is 12.3. The Kier molecular flexibility index (Phi) is 4.15. The third kappa shape index (κ3) is 2.68. The van der Waals surface area contributed by atoms with Crippen molar-refractivity contribution in [2.24, 2.45) is 0 Å². The zero-order valence-electron chi connectivity index (χ0n) is 10.1. The van der Waals surface area contributed by atoms with Gasteiger partial charge in [0.2, 0.25) is 0 Å². The molecule has 5 heteroatoms. The van der Waals surface area contributed by atoms with Crippen molar-refractivity contribution in [3.8, 4) is 10.6 Å². The maximum absolute atomic E-state index is 4.28. The summed E-state index contributed by atoms with van der Waals surface area (Å²) < 4.78 is 0. The summed E-state index contributed by atoms with van der Waals surface area (Å²) in [6.45, 7) is 2.09. The highest BCUT2D eigenvalue weighted by Crippen LogP contribution is 2.33. The van der Waals surface area contributed by atoms with E-state index in [-0.39, 0.29) is 6.04 Å². The van der Waals surface area contributed by atoms with Crippen molar-refractivity contribution in [1.82, 2.24) is 15.5 Å². The minimum Gasteiger partial charge on any atom is -0.311 e. The molecule has 17 heavy (non-hydrogen) atoms. The predicted molar refractivity (Wildman–Crippen MR) is 74.6 cm³/mol. The number of benzene rings is 1. The van der Waals surface area contributed by atoms with Crippen molar-refractivity contribution in [3.63, 3.8) is 0 Å². The molecule has 1 aromatic heterocycles. The molecule has 0 aliphatic rings. The third-order valence-corrected chi connectivity index (χ3v) is 4.52. The second-order valence-corrected chi connectivity index (χ2v) is 5.51. The van der Waals surface area contributed by atoms with E-state index in [1.54, 1.807) is 23.1 Å². The van der Waals surface area contributed by atoms with Gasteiger partial charge in [0.05, 0.1) is 6.04 Å². The van der Waals surface area contributed by atoms with E-state index >= 15 is 0 Å². The molecule has 1 heterocycles. The van der Waals surface area contributed by atoms with Gasteiger partial charge in [-0.15, -0.1) is 22.0 Å². The normalized spacial score (nSPS) is 12.6. The van der Waals surface area contributed by atoms with Gasteiger partial charge in [-0.2, -0.15) is 0 Å². The van der Waals surface area contributed by atoms with Crippen molar-refractivity contribution in [2.45, 2.75) is 17.9 Å². The Hall–Kier alpha value is -0.910. The second-order valence-electron chi connectivity index (χ2n) is 3.66. The van der Waals surface area contributed by atoms with E-state index in [2.05, 4.69) is 40.8 Å². The molecular formula is C12H15N3S2. The van der Waals surface area contributed by atoms with Crippen LogP contribution in [0.3, 0.4) is 0 Å². The van der Waals surface area contributed by atoms with Crippen LogP contribution in [0.1, 0.15) is 18.0 Å². The van der Waals surface area contributed by atoms with E-state index in [0.717, 1.165) is 10.0 Å². The lowest BCUT2D eigenvalue weighted by atomic mass is 10.2. The molecule has 2 rings (SSSR count). The Morgan fingerprint density at radius 2 is 2.06 bits per heavy atom. The Morgan fingerprint density at radius 3 is 2.76 bits per heavy atom. The molecule has 0 saturated heterocycles. The van der Waals surface area contributed by atoms with Crippen molar-refractivity contribution in [2.75, 3.05) is 13.3 Å². The summed E-state index contributed by atoms with van der Waals surface area (Å²) in [6.07, 6.45) is 2.08. The second kappa shape index (κ2) is 5.62. The number of thioether (sulfide) groups is 1. The lowest BCUT2D eigenvalue weighted by Gasteiger charge is -2.04. The molecule has 1 aromatic carbocycles. The van der Waals surface area contributed by atoms with E-state index < -0.39 is 0 Å². The fraction of sp³-hybridized carbons (Fsp3) is 0.333. The van der Waals surface area contributed by atoms with Gasteiger partial charge in [-0.1, -0.05) is 29.5 Å². The Bertz CT molecular complexity index is 496. The average molecular weight is 265 g/mol. The molecule has 1 unspecified atom stereocenters. The van der Waals surface area contributed by atoms with E-state index in [9.17, 15) is 0 Å². The number of rotatable bonds is 4. The SMILES string of the molecule is CNC(C)c1nnc(-c2ccccc2SC)s1. The van der Waals surface area contributed by atoms with Gasteiger partial charge in [0.25, 0.3) is 0 Å². The Morgan fingerprint density at radius 1 is 1.29 bits per heavy atom. The van der Waals surface area contributed by atoms with Gasteiger partial charge in [-0.05, 0) is 26.3 Å². The fourth-order valence-corrected chi connectivity index (χ4v) is 3.07. The molecule has 0 amide bonds. The molecule has 2 aromatic rings. The molecular weight excluding hydrogens is 250 g/mol. The zero-order valence-corrected chi connectivity index (χ0v) is 11.7. The molecule has 0 saturated carbocycles. The van der Waals surface area contributed by atoms with Crippen molar-refractivity contribution in [3.05, 3.63) is 29.3 Å². The first-order valence-electron chi connectivity index (χ1n) is 5.40. The molecule has 0 bridgehead atoms. The quantitative estimate of drug-likeness (QED) is 0.861. The molecule has 1 atom stereocenters. The van der Waals surface area contributed by atoms with Crippen LogP contribution in [-0.4, -0.2) is 23.5 Å². The first-order valence-corrected chi connectivity index (χ1v) is 7.44. The maximum Gasteiger partial charge on any atom is 0.148 e. The van der Waals surface area contributed by atoms with Crippen LogP contribution in [0.5, 0.6) is 0 Å². The summed E-state index contributed by atoms with van der Waals surface area (Å²) in [5.41, 5.74) is 1.17. The maximum atomic E-state index is 4.28. The van der Waals surface area contributed by atoms with Crippen LogP contribution >= 0.6 is 23.1 Å². The van der Waals surface area contributed by atoms with Crippen LogP contribution in [0.2, 0.25) is 0 Å². The number of aromatic nitrogens is 2. The summed E-state index contributed by atoms with van der Waals surface area (Å²) in [6, 6.07) is 8.55. The first-order chi connectivity index (χ1) is 8.26. The minimum absolute atomic E-state index is 0.252. The summed E-state index contributed by atoms with van der Waals surface area (Å²) in [4.78, 5) is 1.24. The Labute approximate surface area is 110 Å². The average Bonchev–Trinajstić information content (AvgIpc) is 2.87. The fourth-order valence-electron chi connectivity index (χ4n) is 1.46. The van der Waals surface area contributed by atoms with Gasteiger partial charge < -0.3 is 5.32 Å². The molecule has 0 aliphatic heterocycles. The van der Waals surface area contributed by atoms with Crippen molar-refractivity contribution < 1.29 is 0 Å². The van der Waals surface area contributed by atoms with Crippen LogP contribution in [0.15, 0.2) is 29.2 Å². The molecule has 0 fully saturated rings. The summed E-state index contributed by atoms with van der Waals surface area (Å²) in [7, 11) is 1.93. The van der Waals surface area contributed by atoms with E-state index in [1.165, 1.54) is 10.5 Å². The van der Waals surface area contributed by atoms with Crippen LogP contribution < -0.4 is 5.32 Å². The van der Waals surface area contributed by atoms with E-state index in [4.69, 9.17) is 0 Å². The summed E-state index contributed by atoms with van der Waals surface area (Å²) >= 11 is 3.39. The van der Waals surface area contributed by atoms with Crippen LogP contribution in [0.25, 0.3) is 10.6 Å². The number of nitrogens with one attached hydrogen (secondary N) is 1. The van der Waals surface area contributed by atoms with Gasteiger partial charge in [0, 0.05) is 10.5 Å². The molecule has 0 radical (unpaired) electrons. The lowest BCUT2D eigenvalue weighted by Crippen LogP contribution is -2.11. The highest BCUT2D eigenvalue weighted by Gasteiger charge is 2.13. The van der Waals surface area contributed by atoms with Gasteiger partial charge in [-0.25, -0.2) is 0 Å². The minimum atomic E-state index is 0.252. The van der Waals surface area contributed by atoms with E-state index in [1.807, 2.05) is 19.2 Å². The van der Waals surface area contributed by atoms with Crippen LogP contribution in [0.4, 0.5) is 0 Å². The number of nitrogens with zero attached hydrogens (tertiary/aromatic N) is 2. The van der Waals surface area contributed by atoms with Crippen molar-refractivity contribution in [1.29, 1.82) is 0 Å². The molecule has 3 nitrogen and oxygen atoms in total. The first kappa shape index (κ1) is 12.5. The van der Waals surface area contributed by atoms with Crippen LogP contribution in [-0.2, 0) is 0 Å². The van der Waals surface area contributed by atoms with Gasteiger partial charge >= 0.3 is 0 Å². The third-order valence-electron chi connectivity index (χ3n) is 2.58. The topological polar surface area (TPSA) is 37.8 Å². The predicted octanol–water partition coefficient (Wildman–Crippen LogP) is 3.21. The smallest absolute Gasteiger partial charge is 0.148 e. The summed E-state index contributed by atoms with van der Waals surface area (Å²) in [5.74, 6) is 0. The molecule has 1 N–H and O–H groups in total. The Balaban J connectivity index is 2.37. The monoisotopic (exact) mass is 265 g/mol. The van der Waals surface area contributed by atoms with Crippen LogP contribution in [0, 0.1) is 0 Å². The summed E-state index contributed by atoms with van der Waals surface area (Å²) in [5, 5.41) is 13.7. The number of hydrogen-bond acceptors (Lipinski definition) is 5. The number of hydrogen-bond donors (Lipinski definition) is 1.